The van der Waals surface area contributed by atoms with Crippen molar-refractivity contribution in [1.29, 1.82) is 0 Å². The predicted molar refractivity (Wildman–Crippen MR) is 118 cm³/mol. The van der Waals surface area contributed by atoms with E-state index in [-0.39, 0.29) is 23.1 Å². The molecule has 158 valence electrons. The van der Waals surface area contributed by atoms with E-state index in [1.165, 1.54) is 5.56 Å². The lowest BCUT2D eigenvalue weighted by Gasteiger charge is -2.33. The van der Waals surface area contributed by atoms with E-state index in [0.717, 1.165) is 30.4 Å². The molecule has 30 heavy (non-hydrogen) atoms. The molecule has 0 radical (unpaired) electrons. The molecule has 2 aliphatic rings. The summed E-state index contributed by atoms with van der Waals surface area (Å²) < 4.78 is 5.15. The number of carbonyl (C=O) groups excluding carboxylic acids is 2. The molecule has 2 aromatic carbocycles. The fourth-order valence-electron chi connectivity index (χ4n) is 4.46. The van der Waals surface area contributed by atoms with Crippen molar-refractivity contribution < 1.29 is 14.3 Å². The van der Waals surface area contributed by atoms with Gasteiger partial charge in [-0.1, -0.05) is 17.7 Å². The number of nitrogens with zero attached hydrogens (tertiary/aromatic N) is 1. The second kappa shape index (κ2) is 7.95. The summed E-state index contributed by atoms with van der Waals surface area (Å²) in [4.78, 5) is 27.5. The summed E-state index contributed by atoms with van der Waals surface area (Å²) in [6.45, 7) is 5.47. The number of anilines is 1. The molecule has 4 rings (SSSR count). The van der Waals surface area contributed by atoms with Crippen LogP contribution in [0, 0.1) is 25.2 Å². The lowest BCUT2D eigenvalue weighted by atomic mass is 9.90. The highest BCUT2D eigenvalue weighted by Gasteiger charge is 2.58. The Bertz CT molecular complexity index is 996. The van der Waals surface area contributed by atoms with E-state index in [4.69, 9.17) is 16.3 Å². The van der Waals surface area contributed by atoms with Crippen LogP contribution in [0.3, 0.4) is 0 Å². The van der Waals surface area contributed by atoms with Crippen molar-refractivity contribution in [2.45, 2.75) is 33.1 Å². The van der Waals surface area contributed by atoms with Crippen molar-refractivity contribution in [3.63, 3.8) is 0 Å². The van der Waals surface area contributed by atoms with E-state index in [2.05, 4.69) is 5.32 Å². The summed E-state index contributed by atoms with van der Waals surface area (Å²) >= 11 is 6.15. The number of piperidine rings is 1. The Labute approximate surface area is 182 Å². The zero-order valence-corrected chi connectivity index (χ0v) is 18.4. The minimum atomic E-state index is -0.00255. The molecular formula is C24H27ClN2O3. The van der Waals surface area contributed by atoms with Crippen molar-refractivity contribution in [2.75, 3.05) is 25.5 Å². The number of hydrogen-bond acceptors (Lipinski definition) is 3. The summed E-state index contributed by atoms with van der Waals surface area (Å²) in [5.74, 6) is 0.697. The fraction of sp³-hybridized carbons (Fsp3) is 0.417. The van der Waals surface area contributed by atoms with Crippen molar-refractivity contribution in [3.8, 4) is 5.75 Å². The monoisotopic (exact) mass is 426 g/mol. The Hall–Kier alpha value is -2.53. The molecule has 1 N–H and O–H groups in total. The first-order valence-electron chi connectivity index (χ1n) is 10.3. The number of nitrogens with one attached hydrogen (secondary N) is 1. The second-order valence-electron chi connectivity index (χ2n) is 8.55. The van der Waals surface area contributed by atoms with Crippen LogP contribution in [-0.4, -0.2) is 36.9 Å². The molecule has 0 unspecified atom stereocenters. The van der Waals surface area contributed by atoms with Gasteiger partial charge in [0.1, 0.15) is 5.75 Å². The predicted octanol–water partition coefficient (Wildman–Crippen LogP) is 4.85. The van der Waals surface area contributed by atoms with Gasteiger partial charge in [-0.15, -0.1) is 0 Å². The van der Waals surface area contributed by atoms with Crippen LogP contribution in [0.15, 0.2) is 36.4 Å². The zero-order chi connectivity index (χ0) is 21.5. The highest BCUT2D eigenvalue weighted by molar-refractivity contribution is 6.32. The summed E-state index contributed by atoms with van der Waals surface area (Å²) in [5.41, 5.74) is 3.77. The van der Waals surface area contributed by atoms with Crippen molar-refractivity contribution >= 4 is 29.1 Å². The third-order valence-electron chi connectivity index (χ3n) is 6.73. The van der Waals surface area contributed by atoms with Gasteiger partial charge in [-0.2, -0.15) is 0 Å². The molecule has 2 aromatic rings. The van der Waals surface area contributed by atoms with E-state index in [1.807, 2.05) is 36.9 Å². The Morgan fingerprint density at radius 1 is 1.10 bits per heavy atom. The van der Waals surface area contributed by atoms with Crippen LogP contribution in [-0.2, 0) is 4.79 Å². The van der Waals surface area contributed by atoms with Gasteiger partial charge in [-0.3, -0.25) is 9.59 Å². The molecule has 1 saturated heterocycles. The fourth-order valence-corrected chi connectivity index (χ4v) is 4.71. The largest absolute Gasteiger partial charge is 0.495 e. The SMILES string of the molecule is COc1ccc(NC(=O)[C@H]2CC23CCN(C(=O)c2ccc(C)c(C)c2)CC3)cc1Cl. The smallest absolute Gasteiger partial charge is 0.253 e. The summed E-state index contributed by atoms with van der Waals surface area (Å²) in [6.07, 6.45) is 2.62. The third kappa shape index (κ3) is 3.91. The molecule has 1 saturated carbocycles. The van der Waals surface area contributed by atoms with Crippen molar-refractivity contribution in [1.82, 2.24) is 4.90 Å². The first-order valence-corrected chi connectivity index (χ1v) is 10.7. The summed E-state index contributed by atoms with van der Waals surface area (Å²) in [6, 6.07) is 11.1. The molecule has 1 spiro atoms. The van der Waals surface area contributed by atoms with Crippen LogP contribution in [0.25, 0.3) is 0 Å². The lowest BCUT2D eigenvalue weighted by molar-refractivity contribution is -0.118. The lowest BCUT2D eigenvalue weighted by Crippen LogP contribution is -2.40. The number of ether oxygens (including phenoxy) is 1. The maximum atomic E-state index is 12.9. The Morgan fingerprint density at radius 2 is 1.83 bits per heavy atom. The molecule has 0 bridgehead atoms. The summed E-state index contributed by atoms with van der Waals surface area (Å²) in [5, 5.41) is 3.45. The molecule has 1 aliphatic carbocycles. The number of aryl methyl sites for hydroxylation is 2. The highest BCUT2D eigenvalue weighted by Crippen LogP contribution is 2.59. The minimum Gasteiger partial charge on any atom is -0.495 e. The van der Waals surface area contributed by atoms with E-state index in [0.29, 0.717) is 29.5 Å². The first-order chi connectivity index (χ1) is 14.3. The van der Waals surface area contributed by atoms with Gasteiger partial charge in [-0.25, -0.2) is 0 Å². The number of halogens is 1. The quantitative estimate of drug-likeness (QED) is 0.760. The topological polar surface area (TPSA) is 58.6 Å². The number of carbonyl (C=O) groups is 2. The second-order valence-corrected chi connectivity index (χ2v) is 8.96. The average molecular weight is 427 g/mol. The van der Waals surface area contributed by atoms with Gasteiger partial charge in [0.15, 0.2) is 0 Å². The molecule has 0 aromatic heterocycles. The molecular weight excluding hydrogens is 400 g/mol. The Kier molecular flexibility index (Phi) is 5.49. The average Bonchev–Trinajstić information content (AvgIpc) is 3.43. The van der Waals surface area contributed by atoms with Gasteiger partial charge in [0, 0.05) is 30.3 Å². The van der Waals surface area contributed by atoms with Gasteiger partial charge in [0.05, 0.1) is 12.1 Å². The number of rotatable bonds is 4. The van der Waals surface area contributed by atoms with E-state index in [1.54, 1.807) is 25.3 Å². The molecule has 2 amide bonds. The van der Waals surface area contributed by atoms with Crippen molar-refractivity contribution in [2.24, 2.45) is 11.3 Å². The maximum absolute atomic E-state index is 12.9. The molecule has 1 heterocycles. The molecule has 5 nitrogen and oxygen atoms in total. The zero-order valence-electron chi connectivity index (χ0n) is 17.6. The Balaban J connectivity index is 1.34. The standard InChI is InChI=1S/C24H27ClN2O3/c1-15-4-5-17(12-16(15)2)23(29)27-10-8-24(9-11-27)14-19(24)22(28)26-18-6-7-21(30-3)20(25)13-18/h4-7,12-13,19H,8-11,14H2,1-3H3,(H,26,28)/t19-/m1/s1. The number of hydrogen-bond donors (Lipinski definition) is 1. The summed E-state index contributed by atoms with van der Waals surface area (Å²) in [7, 11) is 1.56. The van der Waals surface area contributed by atoms with Crippen LogP contribution in [0.4, 0.5) is 5.69 Å². The van der Waals surface area contributed by atoms with Gasteiger partial charge in [0.25, 0.3) is 5.91 Å². The van der Waals surface area contributed by atoms with Crippen LogP contribution >= 0.6 is 11.6 Å². The van der Waals surface area contributed by atoms with Gasteiger partial charge in [-0.05, 0) is 80.0 Å². The molecule has 1 atom stereocenters. The van der Waals surface area contributed by atoms with Crippen LogP contribution in [0.1, 0.15) is 40.7 Å². The molecule has 1 aliphatic heterocycles. The normalized spacial score (nSPS) is 19.5. The maximum Gasteiger partial charge on any atom is 0.253 e. The number of benzene rings is 2. The first kappa shape index (κ1) is 20.7. The van der Waals surface area contributed by atoms with Crippen LogP contribution in [0.5, 0.6) is 5.75 Å². The van der Waals surface area contributed by atoms with E-state index >= 15 is 0 Å². The molecule has 2 fully saturated rings. The van der Waals surface area contributed by atoms with Crippen LogP contribution in [0.2, 0.25) is 5.02 Å². The third-order valence-corrected chi connectivity index (χ3v) is 7.02. The number of likely N-dealkylation sites (tertiary alicyclic amines) is 1. The van der Waals surface area contributed by atoms with Crippen molar-refractivity contribution in [3.05, 3.63) is 58.1 Å². The van der Waals surface area contributed by atoms with Crippen LogP contribution < -0.4 is 10.1 Å². The number of amides is 2. The number of methoxy groups -OCH3 is 1. The molecule has 6 heteroatoms. The van der Waals surface area contributed by atoms with E-state index < -0.39 is 0 Å². The van der Waals surface area contributed by atoms with E-state index in [9.17, 15) is 9.59 Å². The van der Waals surface area contributed by atoms with Gasteiger partial charge >= 0.3 is 0 Å². The Morgan fingerprint density at radius 3 is 2.47 bits per heavy atom. The highest BCUT2D eigenvalue weighted by atomic mass is 35.5. The van der Waals surface area contributed by atoms with Gasteiger partial charge < -0.3 is 15.0 Å². The minimum absolute atomic E-state index is 0.00255. The van der Waals surface area contributed by atoms with Gasteiger partial charge in [0.2, 0.25) is 5.91 Å².